The van der Waals surface area contributed by atoms with Crippen LogP contribution >= 0.6 is 0 Å². The van der Waals surface area contributed by atoms with E-state index in [-0.39, 0.29) is 17.0 Å². The maximum Gasteiger partial charge on any atom is 0.353 e. The van der Waals surface area contributed by atoms with Crippen molar-refractivity contribution in [3.8, 4) is 11.3 Å². The Labute approximate surface area is 107 Å². The lowest BCUT2D eigenvalue weighted by Crippen LogP contribution is -1.95. The molecule has 2 N–H and O–H groups in total. The predicted molar refractivity (Wildman–Crippen MR) is 67.4 cm³/mol. The van der Waals surface area contributed by atoms with E-state index in [4.69, 9.17) is 5.11 Å². The Bertz CT molecular complexity index is 788. The highest BCUT2D eigenvalue weighted by Gasteiger charge is 2.14. The van der Waals surface area contributed by atoms with Crippen LogP contribution in [0.5, 0.6) is 0 Å². The molecule has 0 saturated heterocycles. The minimum atomic E-state index is -1.13. The van der Waals surface area contributed by atoms with Crippen molar-refractivity contribution < 1.29 is 14.3 Å². The summed E-state index contributed by atoms with van der Waals surface area (Å²) < 4.78 is 15.9. The fourth-order valence-electron chi connectivity index (χ4n) is 2.05. The number of halogens is 1. The highest BCUT2D eigenvalue weighted by molar-refractivity contribution is 5.89. The molecule has 0 unspecified atom stereocenters. The maximum absolute atomic E-state index is 14.0. The van der Waals surface area contributed by atoms with Crippen LogP contribution < -0.4 is 0 Å². The first kappa shape index (κ1) is 11.5. The summed E-state index contributed by atoms with van der Waals surface area (Å²) in [7, 11) is 1.86. The Balaban J connectivity index is 2.20. The van der Waals surface area contributed by atoms with E-state index in [2.05, 4.69) is 10.2 Å². The molecule has 6 heteroatoms. The molecule has 2 heterocycles. The molecule has 5 nitrogen and oxygen atoms in total. The first-order valence-corrected chi connectivity index (χ1v) is 5.60. The Morgan fingerprint density at radius 1 is 1.42 bits per heavy atom. The predicted octanol–water partition coefficient (Wildman–Crippen LogP) is 2.41. The van der Waals surface area contributed by atoms with E-state index in [1.807, 2.05) is 23.9 Å². The highest BCUT2D eigenvalue weighted by Crippen LogP contribution is 2.27. The number of carboxylic acid groups (broad SMARTS) is 1. The topological polar surface area (TPSA) is 70.9 Å². The molecule has 2 aromatic heterocycles. The number of nitrogens with zero attached hydrogens (tertiary/aromatic N) is 2. The van der Waals surface area contributed by atoms with Crippen LogP contribution in [0.25, 0.3) is 22.2 Å². The summed E-state index contributed by atoms with van der Waals surface area (Å²) in [5.41, 5.74) is 1.34. The van der Waals surface area contributed by atoms with Crippen LogP contribution in [0.4, 0.5) is 4.39 Å². The number of carbonyl (C=O) groups is 1. The molecule has 0 radical (unpaired) electrons. The summed E-state index contributed by atoms with van der Waals surface area (Å²) in [4.78, 5) is 10.8. The van der Waals surface area contributed by atoms with Crippen molar-refractivity contribution >= 4 is 16.9 Å². The third-order valence-electron chi connectivity index (χ3n) is 3.06. The lowest BCUT2D eigenvalue weighted by atomic mass is 10.1. The van der Waals surface area contributed by atoms with Crippen molar-refractivity contribution in [2.75, 3.05) is 0 Å². The van der Waals surface area contributed by atoms with Crippen molar-refractivity contribution in [2.45, 2.75) is 0 Å². The number of H-pyrrole nitrogens is 1. The third kappa shape index (κ3) is 1.77. The van der Waals surface area contributed by atoms with Crippen molar-refractivity contribution in [2.24, 2.45) is 7.05 Å². The van der Waals surface area contributed by atoms with Crippen LogP contribution in [-0.2, 0) is 7.05 Å². The van der Waals surface area contributed by atoms with Gasteiger partial charge in [-0.15, -0.1) is 0 Å². The van der Waals surface area contributed by atoms with Gasteiger partial charge in [-0.1, -0.05) is 0 Å². The van der Waals surface area contributed by atoms with E-state index in [9.17, 15) is 9.18 Å². The monoisotopic (exact) mass is 259 g/mol. The van der Waals surface area contributed by atoms with Gasteiger partial charge < -0.3 is 9.67 Å². The second-order valence-corrected chi connectivity index (χ2v) is 4.29. The third-order valence-corrected chi connectivity index (χ3v) is 3.06. The molecule has 0 bridgehead atoms. The Hall–Kier alpha value is -2.63. The number of aromatic carboxylic acids is 1. The Morgan fingerprint density at radius 3 is 2.89 bits per heavy atom. The molecule has 0 aliphatic heterocycles. The molecule has 96 valence electrons. The second-order valence-electron chi connectivity index (χ2n) is 4.29. The number of aryl methyl sites for hydroxylation is 1. The van der Waals surface area contributed by atoms with E-state index in [0.717, 1.165) is 10.9 Å². The smallest absolute Gasteiger partial charge is 0.353 e. The molecule has 0 aliphatic rings. The number of rotatable bonds is 2. The van der Waals surface area contributed by atoms with Gasteiger partial charge in [-0.05, 0) is 24.3 Å². The summed E-state index contributed by atoms with van der Waals surface area (Å²) in [5.74, 6) is -1.55. The van der Waals surface area contributed by atoms with Gasteiger partial charge in [-0.3, -0.25) is 5.10 Å². The molecule has 0 saturated carbocycles. The summed E-state index contributed by atoms with van der Waals surface area (Å²) in [5, 5.41) is 15.8. The van der Waals surface area contributed by atoms with E-state index in [0.29, 0.717) is 0 Å². The number of aromatic nitrogens is 3. The largest absolute Gasteiger partial charge is 0.477 e. The average Bonchev–Trinajstić information content (AvgIpc) is 2.96. The number of hydrogen-bond donors (Lipinski definition) is 2. The van der Waals surface area contributed by atoms with Gasteiger partial charge in [0.25, 0.3) is 0 Å². The van der Waals surface area contributed by atoms with Gasteiger partial charge >= 0.3 is 5.97 Å². The Kier molecular flexibility index (Phi) is 2.38. The molecule has 0 aliphatic carbocycles. The summed E-state index contributed by atoms with van der Waals surface area (Å²) in [6.45, 7) is 0. The van der Waals surface area contributed by atoms with Gasteiger partial charge in [0.05, 0.1) is 5.69 Å². The van der Waals surface area contributed by atoms with Gasteiger partial charge in [-0.2, -0.15) is 5.10 Å². The first-order valence-electron chi connectivity index (χ1n) is 5.60. The molecule has 0 atom stereocenters. The SMILES string of the molecule is Cn1ccc2cc(F)c(-c3cc(C(=O)O)[nH]n3)cc21. The first-order chi connectivity index (χ1) is 9.06. The zero-order valence-corrected chi connectivity index (χ0v) is 10.0. The lowest BCUT2D eigenvalue weighted by Gasteiger charge is -2.02. The van der Waals surface area contributed by atoms with Crippen molar-refractivity contribution in [1.82, 2.24) is 14.8 Å². The molecular formula is C13H10FN3O2. The van der Waals surface area contributed by atoms with Crippen LogP contribution in [0.3, 0.4) is 0 Å². The number of benzene rings is 1. The number of fused-ring (bicyclic) bond motifs is 1. The number of carboxylic acids is 1. The molecule has 0 fully saturated rings. The van der Waals surface area contributed by atoms with Crippen LogP contribution in [0.2, 0.25) is 0 Å². The van der Waals surface area contributed by atoms with Gasteiger partial charge in [0.2, 0.25) is 0 Å². The van der Waals surface area contributed by atoms with Gasteiger partial charge in [-0.25, -0.2) is 9.18 Å². The average molecular weight is 259 g/mol. The fraction of sp³-hybridized carbons (Fsp3) is 0.0769. The highest BCUT2D eigenvalue weighted by atomic mass is 19.1. The van der Waals surface area contributed by atoms with Crippen molar-refractivity contribution in [1.29, 1.82) is 0 Å². The summed E-state index contributed by atoms with van der Waals surface area (Å²) in [6, 6.07) is 6.21. The maximum atomic E-state index is 14.0. The van der Waals surface area contributed by atoms with Crippen molar-refractivity contribution in [3.05, 3.63) is 42.0 Å². The normalized spacial score (nSPS) is 11.1. The molecule has 0 amide bonds. The molecular weight excluding hydrogens is 249 g/mol. The Morgan fingerprint density at radius 2 is 2.21 bits per heavy atom. The standard InChI is InChI=1S/C13H10FN3O2/c1-17-3-2-7-4-9(14)8(5-12(7)17)10-6-11(13(18)19)16-15-10/h2-6H,1H3,(H,15,16)(H,18,19). The summed E-state index contributed by atoms with van der Waals surface area (Å²) in [6.07, 6.45) is 1.83. The van der Waals surface area contributed by atoms with E-state index in [1.165, 1.54) is 12.1 Å². The number of hydrogen-bond acceptors (Lipinski definition) is 2. The molecule has 19 heavy (non-hydrogen) atoms. The quantitative estimate of drug-likeness (QED) is 0.742. The van der Waals surface area contributed by atoms with Crippen molar-refractivity contribution in [3.63, 3.8) is 0 Å². The van der Waals surface area contributed by atoms with Gasteiger partial charge in [0.15, 0.2) is 0 Å². The molecule has 0 spiro atoms. The minimum Gasteiger partial charge on any atom is -0.477 e. The van der Waals surface area contributed by atoms with E-state index in [1.54, 1.807) is 6.07 Å². The second kappa shape index (κ2) is 3.94. The number of nitrogens with one attached hydrogen (secondary N) is 1. The van der Waals surface area contributed by atoms with Crippen LogP contribution in [0, 0.1) is 5.82 Å². The summed E-state index contributed by atoms with van der Waals surface area (Å²) >= 11 is 0. The van der Waals surface area contributed by atoms with E-state index < -0.39 is 11.8 Å². The zero-order valence-electron chi connectivity index (χ0n) is 10.0. The van der Waals surface area contributed by atoms with Crippen LogP contribution in [-0.4, -0.2) is 25.8 Å². The van der Waals surface area contributed by atoms with Gasteiger partial charge in [0.1, 0.15) is 11.5 Å². The lowest BCUT2D eigenvalue weighted by molar-refractivity contribution is 0.0690. The van der Waals surface area contributed by atoms with E-state index >= 15 is 0 Å². The molecule has 3 aromatic rings. The van der Waals surface area contributed by atoms with Gasteiger partial charge in [0, 0.05) is 29.7 Å². The van der Waals surface area contributed by atoms with Crippen LogP contribution in [0.1, 0.15) is 10.5 Å². The molecule has 1 aromatic carbocycles. The minimum absolute atomic E-state index is 0.0682. The fourth-order valence-corrected chi connectivity index (χ4v) is 2.05. The molecule has 3 rings (SSSR count). The zero-order chi connectivity index (χ0) is 13.6. The van der Waals surface area contributed by atoms with Crippen LogP contribution in [0.15, 0.2) is 30.5 Å². The number of aromatic amines is 1.